The van der Waals surface area contributed by atoms with Crippen LogP contribution in [0, 0.1) is 28.6 Å². The molecule has 17 rings (SSSR count). The van der Waals surface area contributed by atoms with Crippen molar-refractivity contribution in [2.24, 2.45) is 28.6 Å². The van der Waals surface area contributed by atoms with Gasteiger partial charge in [0, 0.05) is 23.7 Å². The van der Waals surface area contributed by atoms with Crippen LogP contribution >= 0.6 is 0 Å². The molecule has 112 heavy (non-hydrogen) atoms. The third-order valence-electron chi connectivity index (χ3n) is 26.2. The van der Waals surface area contributed by atoms with E-state index in [9.17, 15) is 0 Å². The molecule has 0 radical (unpaired) electrons. The third-order valence-corrected chi connectivity index (χ3v) is 26.2. The number of benzene rings is 10. The molecule has 0 fully saturated rings. The molecular formula is C112H110. The second-order valence-corrected chi connectivity index (χ2v) is 34.6. The van der Waals surface area contributed by atoms with Crippen molar-refractivity contribution in [1.82, 2.24) is 0 Å². The average Bonchev–Trinajstić information content (AvgIpc) is 0.743. The Labute approximate surface area is 669 Å². The van der Waals surface area contributed by atoms with E-state index in [-0.39, 0.29) is 16.7 Å². The van der Waals surface area contributed by atoms with Crippen molar-refractivity contribution in [3.8, 4) is 66.8 Å². The first kappa shape index (κ1) is 74.1. The van der Waals surface area contributed by atoms with Gasteiger partial charge in [0.2, 0.25) is 0 Å². The van der Waals surface area contributed by atoms with Crippen molar-refractivity contribution in [3.63, 3.8) is 0 Å². The number of allylic oxidation sites excluding steroid dienone is 24. The van der Waals surface area contributed by atoms with E-state index in [0.717, 1.165) is 96.3 Å². The summed E-state index contributed by atoms with van der Waals surface area (Å²) in [6.45, 7) is 21.5. The summed E-state index contributed by atoms with van der Waals surface area (Å²) in [5.41, 5.74) is 43.2. The molecule has 558 valence electrons. The summed E-state index contributed by atoms with van der Waals surface area (Å²) in [7, 11) is 0. The van der Waals surface area contributed by atoms with E-state index in [1.54, 1.807) is 33.4 Å². The van der Waals surface area contributed by atoms with Crippen molar-refractivity contribution >= 4 is 21.9 Å². The summed E-state index contributed by atoms with van der Waals surface area (Å²) in [6.07, 6.45) is 50.1. The smallest absolute Gasteiger partial charge is 0.0136 e. The Bertz CT molecular complexity index is 5610. The maximum Gasteiger partial charge on any atom is 0.0136 e. The van der Waals surface area contributed by atoms with E-state index in [4.69, 9.17) is 0 Å². The van der Waals surface area contributed by atoms with E-state index in [0.29, 0.717) is 17.8 Å². The van der Waals surface area contributed by atoms with Gasteiger partial charge in [0.15, 0.2) is 0 Å². The Morgan fingerprint density at radius 3 is 1.46 bits per heavy atom. The van der Waals surface area contributed by atoms with Gasteiger partial charge in [-0.25, -0.2) is 0 Å². The maximum atomic E-state index is 2.76. The highest BCUT2D eigenvalue weighted by Gasteiger charge is 2.39. The zero-order valence-electron chi connectivity index (χ0n) is 67.7. The first-order chi connectivity index (χ1) is 54.7. The molecule has 0 spiro atoms. The minimum absolute atomic E-state index is 0.0815. The van der Waals surface area contributed by atoms with Crippen LogP contribution in [-0.2, 0) is 38.5 Å². The molecule has 0 amide bonds. The Morgan fingerprint density at radius 1 is 0.384 bits per heavy atom. The van der Waals surface area contributed by atoms with Crippen LogP contribution in [0.3, 0.4) is 0 Å². The molecule has 0 N–H and O–H groups in total. The van der Waals surface area contributed by atoms with Gasteiger partial charge in [-0.05, 0) is 291 Å². The van der Waals surface area contributed by atoms with Crippen LogP contribution in [0.15, 0.2) is 342 Å². The monoisotopic (exact) mass is 1450 g/mol. The van der Waals surface area contributed by atoms with Gasteiger partial charge in [0.25, 0.3) is 0 Å². The van der Waals surface area contributed by atoms with Crippen molar-refractivity contribution in [2.75, 3.05) is 0 Å². The molecule has 0 saturated carbocycles. The standard InChI is InChI=1S/C112H110/c1-10-74-40-47-82(48-41-74)99-36-26-37-100(83-49-42-75(11-2)43-50-83)107(99)89-57-53-86-66-90(58-54-85(86)65-89)108-101(84-51-44-76(12-3)45-52-84)38-27-39-102(108)98-61-46-77(13-4)64-93(98)73-112(8,9)95-71-105(80-32-22-16-23-33-80)110(106(72-95)81-34-24-17-25-35-81)92-60-63-97-88(68-92)56-55-87-67-91(59-62-96(87)97)109-103(78-28-18-14-19-29-78)69-94(111(5,6)7)70-104(109)79-30-20-15-21-31-79/h14-16,18-24,26-30,32,34-54,57-59,61-62,64-68,70-71,79-80,103,106H,10-13,17,25,31,33,55-56,60,63,69,72-73H2,1-9H3. The second-order valence-electron chi connectivity index (χ2n) is 34.6. The molecule has 0 aliphatic heterocycles. The Balaban J connectivity index is 0.752. The number of fused-ring (bicyclic) bond motifs is 3. The van der Waals surface area contributed by atoms with Crippen LogP contribution in [0.2, 0.25) is 0 Å². The zero-order chi connectivity index (χ0) is 76.6. The highest BCUT2D eigenvalue weighted by atomic mass is 14.4. The lowest BCUT2D eigenvalue weighted by atomic mass is 9.64. The minimum Gasteiger partial charge on any atom is -0.0839 e. The van der Waals surface area contributed by atoms with Gasteiger partial charge >= 0.3 is 0 Å². The molecule has 0 aromatic heterocycles. The maximum absolute atomic E-state index is 2.76. The summed E-state index contributed by atoms with van der Waals surface area (Å²) >= 11 is 0. The summed E-state index contributed by atoms with van der Waals surface area (Å²) in [5.74, 6) is 1.20. The molecule has 7 aliphatic rings. The molecule has 0 heteroatoms. The van der Waals surface area contributed by atoms with Crippen LogP contribution in [0.4, 0.5) is 0 Å². The molecule has 4 unspecified atom stereocenters. The zero-order valence-corrected chi connectivity index (χ0v) is 67.7. The average molecular weight is 1460 g/mol. The fourth-order valence-electron chi connectivity index (χ4n) is 19.8. The number of aryl methyl sites for hydroxylation is 5. The lowest BCUT2D eigenvalue weighted by Crippen LogP contribution is -2.27. The summed E-state index contributed by atoms with van der Waals surface area (Å²) in [4.78, 5) is 0. The predicted octanol–water partition coefficient (Wildman–Crippen LogP) is 30.5. The van der Waals surface area contributed by atoms with E-state index >= 15 is 0 Å². The van der Waals surface area contributed by atoms with E-state index < -0.39 is 0 Å². The molecule has 10 aromatic rings. The lowest BCUT2D eigenvalue weighted by molar-refractivity contribution is 0.409. The largest absolute Gasteiger partial charge is 0.0839 e. The lowest BCUT2D eigenvalue weighted by Gasteiger charge is -2.40. The summed E-state index contributed by atoms with van der Waals surface area (Å²) in [6, 6.07) is 83.0. The first-order valence-electron chi connectivity index (χ1n) is 42.4. The molecule has 0 bridgehead atoms. The van der Waals surface area contributed by atoms with Crippen LogP contribution < -0.4 is 0 Å². The number of rotatable bonds is 19. The molecule has 10 aromatic carbocycles. The highest BCUT2D eigenvalue weighted by molar-refractivity contribution is 6.02. The molecular weight excluding hydrogens is 1350 g/mol. The molecule has 0 saturated heterocycles. The molecule has 4 atom stereocenters. The third kappa shape index (κ3) is 14.9. The normalized spacial score (nSPS) is 19.0. The second kappa shape index (κ2) is 31.8. The fourth-order valence-corrected chi connectivity index (χ4v) is 19.8. The SMILES string of the molecule is CCc1ccc(-c2cccc(-c3ccc(CC)cc3)c2-c2ccc3cc(-c4c(-c5ccc(CC)cc5)cccc4-c4ccc(CC)cc4CC(C)(C)C4=CC(C5C=CC=CC5)=C(C5=CC6=C(CC5)c5ccc(C7=C(C8C=CC=CC8)C=C(C(C)(C)C)CC7c7ccccc7)cc5CC6)C(C5=CCCC=C5)C4)ccc3c2)cc1. The predicted molar refractivity (Wildman–Crippen MR) is 481 cm³/mol. The molecule has 0 heterocycles. The Morgan fingerprint density at radius 2 is 0.911 bits per heavy atom. The summed E-state index contributed by atoms with van der Waals surface area (Å²) < 4.78 is 0. The summed E-state index contributed by atoms with van der Waals surface area (Å²) in [5, 5.41) is 2.46. The van der Waals surface area contributed by atoms with Gasteiger partial charge in [-0.2, -0.15) is 0 Å². The fraction of sp³-hybridized carbons (Fsp3) is 0.268. The molecule has 0 nitrogen and oxygen atoms in total. The first-order valence-corrected chi connectivity index (χ1v) is 42.4. The van der Waals surface area contributed by atoms with Crippen LogP contribution in [0.5, 0.6) is 0 Å². The highest BCUT2D eigenvalue weighted by Crippen LogP contribution is 2.55. The van der Waals surface area contributed by atoms with Gasteiger partial charge in [-0.15, -0.1) is 0 Å². The van der Waals surface area contributed by atoms with Gasteiger partial charge in [0.1, 0.15) is 0 Å². The van der Waals surface area contributed by atoms with Gasteiger partial charge < -0.3 is 0 Å². The van der Waals surface area contributed by atoms with Gasteiger partial charge in [-0.3, -0.25) is 0 Å². The van der Waals surface area contributed by atoms with E-state index in [2.05, 4.69) is 360 Å². The van der Waals surface area contributed by atoms with Crippen molar-refractivity contribution < 1.29 is 0 Å². The van der Waals surface area contributed by atoms with E-state index in [1.165, 1.54) is 150 Å². The minimum atomic E-state index is -0.193. The number of hydrogen-bond donors (Lipinski definition) is 0. The molecule has 7 aliphatic carbocycles. The quantitative estimate of drug-likeness (QED) is 0.0757. The van der Waals surface area contributed by atoms with Crippen molar-refractivity contribution in [1.29, 1.82) is 0 Å². The number of hydrogen-bond acceptors (Lipinski definition) is 0. The van der Waals surface area contributed by atoms with Crippen LogP contribution in [-0.4, -0.2) is 0 Å². The van der Waals surface area contributed by atoms with E-state index in [1.807, 2.05) is 0 Å². The van der Waals surface area contributed by atoms with Crippen molar-refractivity contribution in [2.45, 2.75) is 165 Å². The van der Waals surface area contributed by atoms with Gasteiger partial charge in [-0.1, -0.05) is 359 Å². The van der Waals surface area contributed by atoms with Crippen LogP contribution in [0.1, 0.15) is 176 Å². The van der Waals surface area contributed by atoms with Crippen molar-refractivity contribution in [3.05, 3.63) is 392 Å². The Kier molecular flexibility index (Phi) is 21.1. The van der Waals surface area contributed by atoms with Gasteiger partial charge in [0.05, 0.1) is 0 Å². The topological polar surface area (TPSA) is 0 Å². The van der Waals surface area contributed by atoms with Crippen LogP contribution in [0.25, 0.3) is 88.7 Å². The Hall–Kier alpha value is -10.7.